The van der Waals surface area contributed by atoms with Crippen molar-refractivity contribution in [2.75, 3.05) is 0 Å². The number of rotatable bonds is 2. The SMILES string of the molecule is NCc1cccc(-c2c(Cl)cccc2Cl)c1. The van der Waals surface area contributed by atoms with Crippen LogP contribution in [0, 0.1) is 0 Å². The third-order valence-corrected chi connectivity index (χ3v) is 3.04. The first-order valence-electron chi connectivity index (χ1n) is 4.96. The van der Waals surface area contributed by atoms with Gasteiger partial charge in [-0.15, -0.1) is 0 Å². The van der Waals surface area contributed by atoms with Gasteiger partial charge in [-0.2, -0.15) is 0 Å². The molecule has 16 heavy (non-hydrogen) atoms. The second-order valence-corrected chi connectivity index (χ2v) is 4.32. The molecular weight excluding hydrogens is 241 g/mol. The van der Waals surface area contributed by atoms with E-state index in [4.69, 9.17) is 28.9 Å². The Morgan fingerprint density at radius 1 is 0.938 bits per heavy atom. The lowest BCUT2D eigenvalue weighted by atomic mass is 10.0. The summed E-state index contributed by atoms with van der Waals surface area (Å²) in [5.74, 6) is 0. The minimum absolute atomic E-state index is 0.510. The standard InChI is InChI=1S/C13H11Cl2N/c14-11-5-2-6-12(15)13(11)10-4-1-3-9(7-10)8-16/h1-7H,8,16H2. The van der Waals surface area contributed by atoms with Gasteiger partial charge >= 0.3 is 0 Å². The van der Waals surface area contributed by atoms with Gasteiger partial charge in [0.05, 0.1) is 0 Å². The Hall–Kier alpha value is -1.02. The van der Waals surface area contributed by atoms with Crippen molar-refractivity contribution in [3.8, 4) is 11.1 Å². The molecular formula is C13H11Cl2N. The monoisotopic (exact) mass is 251 g/mol. The minimum atomic E-state index is 0.510. The normalized spacial score (nSPS) is 10.4. The Balaban J connectivity index is 2.58. The zero-order valence-electron chi connectivity index (χ0n) is 8.58. The molecule has 0 aliphatic heterocycles. The van der Waals surface area contributed by atoms with Crippen molar-refractivity contribution >= 4 is 23.2 Å². The van der Waals surface area contributed by atoms with Gasteiger partial charge in [-0.05, 0) is 29.3 Å². The first-order chi connectivity index (χ1) is 7.72. The molecule has 0 atom stereocenters. The molecule has 2 N–H and O–H groups in total. The summed E-state index contributed by atoms with van der Waals surface area (Å²) in [5.41, 5.74) is 8.53. The average Bonchev–Trinajstić information content (AvgIpc) is 2.29. The molecule has 1 nitrogen and oxygen atoms in total. The molecule has 2 aromatic carbocycles. The van der Waals surface area contributed by atoms with E-state index < -0.39 is 0 Å². The van der Waals surface area contributed by atoms with Crippen molar-refractivity contribution in [2.24, 2.45) is 5.73 Å². The molecule has 0 bridgehead atoms. The summed E-state index contributed by atoms with van der Waals surface area (Å²) in [7, 11) is 0. The fourth-order valence-corrected chi connectivity index (χ4v) is 2.24. The average molecular weight is 252 g/mol. The van der Waals surface area contributed by atoms with Crippen LogP contribution in [0.3, 0.4) is 0 Å². The molecule has 0 fully saturated rings. The molecule has 0 radical (unpaired) electrons. The van der Waals surface area contributed by atoms with Crippen molar-refractivity contribution in [2.45, 2.75) is 6.54 Å². The summed E-state index contributed by atoms with van der Waals surface area (Å²) >= 11 is 12.3. The molecule has 2 rings (SSSR count). The Morgan fingerprint density at radius 2 is 1.56 bits per heavy atom. The summed E-state index contributed by atoms with van der Waals surface area (Å²) in [5, 5.41) is 1.31. The summed E-state index contributed by atoms with van der Waals surface area (Å²) in [6.07, 6.45) is 0. The van der Waals surface area contributed by atoms with Crippen LogP contribution < -0.4 is 5.73 Å². The van der Waals surface area contributed by atoms with Crippen LogP contribution >= 0.6 is 23.2 Å². The van der Waals surface area contributed by atoms with Crippen LogP contribution in [-0.4, -0.2) is 0 Å². The van der Waals surface area contributed by atoms with Crippen LogP contribution in [0.1, 0.15) is 5.56 Å². The van der Waals surface area contributed by atoms with Crippen molar-refractivity contribution in [1.29, 1.82) is 0 Å². The molecule has 2 aromatic rings. The topological polar surface area (TPSA) is 26.0 Å². The van der Waals surface area contributed by atoms with Crippen LogP contribution in [0.4, 0.5) is 0 Å². The second-order valence-electron chi connectivity index (χ2n) is 3.50. The van der Waals surface area contributed by atoms with E-state index >= 15 is 0 Å². The summed E-state index contributed by atoms with van der Waals surface area (Å²) < 4.78 is 0. The lowest BCUT2D eigenvalue weighted by Crippen LogP contribution is -1.96. The van der Waals surface area contributed by atoms with Gasteiger partial charge in [0.1, 0.15) is 0 Å². The number of hydrogen-bond acceptors (Lipinski definition) is 1. The molecule has 3 heteroatoms. The van der Waals surface area contributed by atoms with E-state index in [9.17, 15) is 0 Å². The van der Waals surface area contributed by atoms with Crippen LogP contribution in [0.25, 0.3) is 11.1 Å². The maximum Gasteiger partial charge on any atom is 0.0499 e. The number of benzene rings is 2. The first-order valence-corrected chi connectivity index (χ1v) is 5.71. The Kier molecular flexibility index (Phi) is 3.49. The number of nitrogens with two attached hydrogens (primary N) is 1. The van der Waals surface area contributed by atoms with Gasteiger partial charge in [-0.3, -0.25) is 0 Å². The smallest absolute Gasteiger partial charge is 0.0499 e. The van der Waals surface area contributed by atoms with E-state index in [0.717, 1.165) is 16.7 Å². The number of halogens is 2. The van der Waals surface area contributed by atoms with E-state index in [1.54, 1.807) is 0 Å². The molecule has 0 spiro atoms. The summed E-state index contributed by atoms with van der Waals surface area (Å²) in [6.45, 7) is 0.510. The predicted molar refractivity (Wildman–Crippen MR) is 69.8 cm³/mol. The van der Waals surface area contributed by atoms with Crippen LogP contribution in [0.2, 0.25) is 10.0 Å². The molecule has 0 heterocycles. The first kappa shape index (κ1) is 11.5. The van der Waals surface area contributed by atoms with Crippen molar-refractivity contribution in [3.63, 3.8) is 0 Å². The van der Waals surface area contributed by atoms with Gasteiger partial charge in [0.2, 0.25) is 0 Å². The molecule has 0 saturated heterocycles. The fraction of sp³-hybridized carbons (Fsp3) is 0.0769. The third kappa shape index (κ3) is 2.22. The van der Waals surface area contributed by atoms with Gasteiger partial charge in [0.15, 0.2) is 0 Å². The fourth-order valence-electron chi connectivity index (χ4n) is 1.63. The van der Waals surface area contributed by atoms with Gasteiger partial charge < -0.3 is 5.73 Å². The van der Waals surface area contributed by atoms with Crippen LogP contribution in [0.5, 0.6) is 0 Å². The lowest BCUT2D eigenvalue weighted by molar-refractivity contribution is 1.07. The van der Waals surface area contributed by atoms with E-state index in [-0.39, 0.29) is 0 Å². The van der Waals surface area contributed by atoms with Gasteiger partial charge in [-0.25, -0.2) is 0 Å². The van der Waals surface area contributed by atoms with E-state index in [0.29, 0.717) is 16.6 Å². The highest BCUT2D eigenvalue weighted by molar-refractivity contribution is 6.39. The molecule has 0 aliphatic rings. The van der Waals surface area contributed by atoms with Gasteiger partial charge in [0.25, 0.3) is 0 Å². The highest BCUT2D eigenvalue weighted by Crippen LogP contribution is 2.34. The summed E-state index contributed by atoms with van der Waals surface area (Å²) in [6, 6.07) is 13.4. The number of hydrogen-bond donors (Lipinski definition) is 1. The Morgan fingerprint density at radius 3 is 2.19 bits per heavy atom. The van der Waals surface area contributed by atoms with Gasteiger partial charge in [0, 0.05) is 22.2 Å². The zero-order chi connectivity index (χ0) is 11.5. The lowest BCUT2D eigenvalue weighted by Gasteiger charge is -2.08. The van der Waals surface area contributed by atoms with Crippen molar-refractivity contribution in [1.82, 2.24) is 0 Å². The van der Waals surface area contributed by atoms with Crippen molar-refractivity contribution in [3.05, 3.63) is 58.1 Å². The quantitative estimate of drug-likeness (QED) is 0.854. The highest BCUT2D eigenvalue weighted by atomic mass is 35.5. The maximum atomic E-state index is 6.14. The minimum Gasteiger partial charge on any atom is -0.326 e. The molecule has 0 aliphatic carbocycles. The largest absolute Gasteiger partial charge is 0.326 e. The van der Waals surface area contributed by atoms with E-state index in [1.165, 1.54) is 0 Å². The molecule has 0 unspecified atom stereocenters. The second kappa shape index (κ2) is 4.88. The van der Waals surface area contributed by atoms with E-state index in [2.05, 4.69) is 0 Å². The molecule has 0 aromatic heterocycles. The van der Waals surface area contributed by atoms with Gasteiger partial charge in [-0.1, -0.05) is 47.5 Å². The Labute approximate surface area is 105 Å². The molecule has 0 saturated carbocycles. The Bertz CT molecular complexity index is 489. The maximum absolute atomic E-state index is 6.14. The van der Waals surface area contributed by atoms with Crippen LogP contribution in [-0.2, 0) is 6.54 Å². The van der Waals surface area contributed by atoms with Crippen LogP contribution in [0.15, 0.2) is 42.5 Å². The molecule has 82 valence electrons. The van der Waals surface area contributed by atoms with E-state index in [1.807, 2.05) is 42.5 Å². The van der Waals surface area contributed by atoms with Crippen molar-refractivity contribution < 1.29 is 0 Å². The third-order valence-electron chi connectivity index (χ3n) is 2.41. The zero-order valence-corrected chi connectivity index (χ0v) is 10.1. The molecule has 0 amide bonds. The predicted octanol–water partition coefficient (Wildman–Crippen LogP) is 4.12. The highest BCUT2D eigenvalue weighted by Gasteiger charge is 2.07. The summed E-state index contributed by atoms with van der Waals surface area (Å²) in [4.78, 5) is 0.